The standard InChI is InChI=1S/C24H33N5O6S/c1-4-14(2)11-27-36-23-28-20-21(29(23)22-19(33)18(32)17(12-30)34-22)25-13-26-24(20,35-15(3)31)10-16-8-6-5-7-9-16/h5-9,13-14,17-19,22,27,30,32-33H,4,10-12H2,1-3H3,(H,25,26)/t14?,17-,18-,19-,22-,24?/m1/s1. The van der Waals surface area contributed by atoms with Crippen molar-refractivity contribution in [2.75, 3.05) is 18.5 Å². The number of aliphatic imine (C=N–C) groups is 1. The lowest BCUT2D eigenvalue weighted by molar-refractivity contribution is -0.157. The van der Waals surface area contributed by atoms with Gasteiger partial charge in [-0.1, -0.05) is 50.6 Å². The zero-order chi connectivity index (χ0) is 25.9. The monoisotopic (exact) mass is 519 g/mol. The van der Waals surface area contributed by atoms with E-state index in [-0.39, 0.29) is 6.42 Å². The zero-order valence-corrected chi connectivity index (χ0v) is 21.3. The van der Waals surface area contributed by atoms with Gasteiger partial charge in [0.05, 0.1) is 12.9 Å². The summed E-state index contributed by atoms with van der Waals surface area (Å²) in [7, 11) is 0. The number of aliphatic hydroxyl groups excluding tert-OH is 3. The summed E-state index contributed by atoms with van der Waals surface area (Å²) in [4.78, 5) is 21.6. The molecule has 4 rings (SSSR count). The Labute approximate surface area is 214 Å². The SMILES string of the molecule is CCC(C)CNSc1nc2c(n1[C@@H]1O[C@H](CO)[C@@H](O)[C@H]1O)NC=NC2(Cc1ccccc1)OC(C)=O. The van der Waals surface area contributed by atoms with E-state index in [1.165, 1.54) is 25.2 Å². The summed E-state index contributed by atoms with van der Waals surface area (Å²) in [6, 6.07) is 9.50. The van der Waals surface area contributed by atoms with Gasteiger partial charge in [0, 0.05) is 19.9 Å². The van der Waals surface area contributed by atoms with Crippen LogP contribution in [-0.2, 0) is 26.4 Å². The van der Waals surface area contributed by atoms with Crippen LogP contribution >= 0.6 is 11.9 Å². The number of hydrogen-bond donors (Lipinski definition) is 5. The molecule has 0 amide bonds. The van der Waals surface area contributed by atoms with Crippen LogP contribution in [0.1, 0.15) is 44.7 Å². The maximum absolute atomic E-state index is 12.2. The molecule has 196 valence electrons. The summed E-state index contributed by atoms with van der Waals surface area (Å²) in [6.45, 7) is 5.79. The molecule has 11 nitrogen and oxygen atoms in total. The van der Waals surface area contributed by atoms with Crippen LogP contribution < -0.4 is 10.0 Å². The van der Waals surface area contributed by atoms with Crippen molar-refractivity contribution >= 4 is 30.1 Å². The third-order valence-electron chi connectivity index (χ3n) is 6.39. The third kappa shape index (κ3) is 5.29. The molecule has 0 radical (unpaired) electrons. The summed E-state index contributed by atoms with van der Waals surface area (Å²) in [5, 5.41) is 34.3. The molecular formula is C24H33N5O6S. The van der Waals surface area contributed by atoms with Crippen molar-refractivity contribution in [3.63, 3.8) is 0 Å². The van der Waals surface area contributed by atoms with E-state index in [1.54, 1.807) is 4.57 Å². The molecule has 2 aromatic rings. The quantitative estimate of drug-likeness (QED) is 0.231. The number of hydrogen-bond acceptors (Lipinski definition) is 11. The van der Waals surface area contributed by atoms with Crippen LogP contribution in [0, 0.1) is 5.92 Å². The fourth-order valence-corrected chi connectivity index (χ4v) is 5.15. The average Bonchev–Trinajstić information content (AvgIpc) is 3.36. The van der Waals surface area contributed by atoms with Crippen molar-refractivity contribution in [2.45, 2.75) is 69.0 Å². The number of nitrogens with zero attached hydrogens (tertiary/aromatic N) is 3. The fraction of sp³-hybridized carbons (Fsp3) is 0.542. The number of carbonyl (C=O) groups excluding carboxylic acids is 1. The Kier molecular flexibility index (Phi) is 8.33. The first-order valence-corrected chi connectivity index (χ1v) is 12.8. The second kappa shape index (κ2) is 11.3. The van der Waals surface area contributed by atoms with Gasteiger partial charge in [-0.25, -0.2) is 9.98 Å². The molecule has 5 N–H and O–H groups in total. The maximum Gasteiger partial charge on any atom is 0.305 e. The Balaban J connectivity index is 1.79. The minimum Gasteiger partial charge on any atom is -0.431 e. The molecule has 1 fully saturated rings. The van der Waals surface area contributed by atoms with E-state index < -0.39 is 42.8 Å². The van der Waals surface area contributed by atoms with Gasteiger partial charge in [-0.05, 0) is 23.4 Å². The van der Waals surface area contributed by atoms with Crippen LogP contribution in [-0.4, -0.2) is 68.6 Å². The molecule has 2 unspecified atom stereocenters. The highest BCUT2D eigenvalue weighted by atomic mass is 32.2. The number of carbonyl (C=O) groups is 1. The molecule has 1 aromatic heterocycles. The van der Waals surface area contributed by atoms with E-state index in [0.29, 0.717) is 29.1 Å². The average molecular weight is 520 g/mol. The number of aromatic nitrogens is 2. The van der Waals surface area contributed by atoms with Gasteiger partial charge in [0.1, 0.15) is 24.1 Å². The van der Waals surface area contributed by atoms with E-state index in [9.17, 15) is 20.1 Å². The van der Waals surface area contributed by atoms with Gasteiger partial charge in [-0.2, -0.15) is 0 Å². The number of fused-ring (bicyclic) bond motifs is 1. The summed E-state index contributed by atoms with van der Waals surface area (Å²) in [6.07, 6.45) is -1.98. The highest BCUT2D eigenvalue weighted by Crippen LogP contribution is 2.44. The number of imidazole rings is 1. The molecule has 2 aliphatic rings. The first-order chi connectivity index (χ1) is 17.3. The first-order valence-electron chi connectivity index (χ1n) is 12.0. The van der Waals surface area contributed by atoms with E-state index in [0.717, 1.165) is 12.0 Å². The smallest absolute Gasteiger partial charge is 0.305 e. The molecule has 1 saturated heterocycles. The van der Waals surface area contributed by atoms with Crippen molar-refractivity contribution in [3.8, 4) is 0 Å². The topological polar surface area (TPSA) is 150 Å². The minimum atomic E-state index is -1.45. The second-order valence-corrected chi connectivity index (χ2v) is 9.96. The van der Waals surface area contributed by atoms with Crippen LogP contribution in [0.15, 0.2) is 40.5 Å². The lowest BCUT2D eigenvalue weighted by Crippen LogP contribution is -2.37. The number of ether oxygens (including phenoxy) is 2. The molecular weight excluding hydrogens is 486 g/mol. The molecule has 1 aromatic carbocycles. The molecule has 0 bridgehead atoms. The Bertz CT molecular complexity index is 1080. The van der Waals surface area contributed by atoms with Gasteiger partial charge in [0.15, 0.2) is 17.1 Å². The molecule has 12 heteroatoms. The lowest BCUT2D eigenvalue weighted by atomic mass is 9.98. The normalized spacial score (nSPS) is 27.9. The molecule has 0 saturated carbocycles. The molecule has 6 atom stereocenters. The number of anilines is 1. The minimum absolute atomic E-state index is 0.232. The second-order valence-electron chi connectivity index (χ2n) is 9.10. The van der Waals surface area contributed by atoms with Crippen molar-refractivity contribution in [1.82, 2.24) is 14.3 Å². The number of benzene rings is 1. The van der Waals surface area contributed by atoms with Gasteiger partial charge in [0.25, 0.3) is 5.72 Å². The van der Waals surface area contributed by atoms with Crippen molar-refractivity contribution in [3.05, 3.63) is 41.6 Å². The van der Waals surface area contributed by atoms with Gasteiger partial charge in [-0.3, -0.25) is 14.1 Å². The summed E-state index contributed by atoms with van der Waals surface area (Å²) >= 11 is 1.24. The molecule has 0 spiro atoms. The Morgan fingerprint density at radius 1 is 1.33 bits per heavy atom. The van der Waals surface area contributed by atoms with E-state index in [1.807, 2.05) is 30.3 Å². The molecule has 3 heterocycles. The lowest BCUT2D eigenvalue weighted by Gasteiger charge is -2.31. The molecule has 0 aliphatic carbocycles. The van der Waals surface area contributed by atoms with Gasteiger partial charge >= 0.3 is 5.97 Å². The number of esters is 1. The van der Waals surface area contributed by atoms with E-state index in [4.69, 9.17) is 14.5 Å². The number of rotatable bonds is 10. The van der Waals surface area contributed by atoms with Gasteiger partial charge in [-0.15, -0.1) is 0 Å². The number of aliphatic hydroxyl groups is 3. The van der Waals surface area contributed by atoms with E-state index in [2.05, 4.69) is 28.9 Å². The Morgan fingerprint density at radius 2 is 2.08 bits per heavy atom. The highest BCUT2D eigenvalue weighted by Gasteiger charge is 2.49. The fourth-order valence-electron chi connectivity index (χ4n) is 4.23. The van der Waals surface area contributed by atoms with Crippen molar-refractivity contribution in [1.29, 1.82) is 0 Å². The van der Waals surface area contributed by atoms with Gasteiger partial charge < -0.3 is 30.1 Å². The Hall–Kier alpha value is -2.48. The molecule has 2 aliphatic heterocycles. The van der Waals surface area contributed by atoms with Crippen molar-refractivity contribution < 1.29 is 29.6 Å². The summed E-state index contributed by atoms with van der Waals surface area (Å²) < 4.78 is 16.6. The summed E-state index contributed by atoms with van der Waals surface area (Å²) in [5.41, 5.74) is -0.228. The predicted molar refractivity (Wildman–Crippen MR) is 134 cm³/mol. The van der Waals surface area contributed by atoms with Crippen molar-refractivity contribution in [2.24, 2.45) is 10.9 Å². The van der Waals surface area contributed by atoms with Crippen LogP contribution in [0.5, 0.6) is 0 Å². The van der Waals surface area contributed by atoms with Gasteiger partial charge in [0.2, 0.25) is 0 Å². The van der Waals surface area contributed by atoms with Crippen LogP contribution in [0.2, 0.25) is 0 Å². The van der Waals surface area contributed by atoms with Crippen LogP contribution in [0.25, 0.3) is 0 Å². The zero-order valence-electron chi connectivity index (χ0n) is 20.5. The first kappa shape index (κ1) is 26.6. The third-order valence-corrected chi connectivity index (χ3v) is 7.17. The highest BCUT2D eigenvalue weighted by molar-refractivity contribution is 7.97. The predicted octanol–water partition coefficient (Wildman–Crippen LogP) is 1.55. The van der Waals surface area contributed by atoms with Crippen LogP contribution in [0.4, 0.5) is 5.82 Å². The van der Waals surface area contributed by atoms with Crippen LogP contribution in [0.3, 0.4) is 0 Å². The maximum atomic E-state index is 12.2. The largest absolute Gasteiger partial charge is 0.431 e. The number of nitrogens with one attached hydrogen (secondary N) is 2. The Morgan fingerprint density at radius 3 is 2.72 bits per heavy atom. The summed E-state index contributed by atoms with van der Waals surface area (Å²) in [5.74, 6) is 0.302. The van der Waals surface area contributed by atoms with E-state index >= 15 is 0 Å². The molecule has 36 heavy (non-hydrogen) atoms.